The molecule has 1 fully saturated rings. The van der Waals surface area contributed by atoms with Gasteiger partial charge in [-0.25, -0.2) is 9.69 Å². The second-order valence-corrected chi connectivity index (χ2v) is 6.01. The molecular weight excluding hydrogens is 358 g/mol. The van der Waals surface area contributed by atoms with E-state index in [0.717, 1.165) is 20.5 Å². The molecule has 0 radical (unpaired) electrons. The van der Waals surface area contributed by atoms with Crippen molar-refractivity contribution in [2.24, 2.45) is 0 Å². The number of rotatable bonds is 3. The average molecular weight is 372 g/mol. The van der Waals surface area contributed by atoms with Crippen molar-refractivity contribution in [2.45, 2.75) is 6.04 Å². The molecule has 0 aromatic heterocycles. The maximum Gasteiger partial charge on any atom is 0.417 e. The first-order chi connectivity index (χ1) is 11.1. The number of halogens is 1. The number of hydrogen-bond donors (Lipinski definition) is 0. The molecule has 0 saturated carbocycles. The molecule has 116 valence electrons. The molecule has 2 aromatic carbocycles. The molecule has 0 unspecified atom stereocenters. The molecule has 0 bridgehead atoms. The summed E-state index contributed by atoms with van der Waals surface area (Å²) in [7, 11) is 0. The molecule has 5 heteroatoms. The Bertz CT molecular complexity index is 741. The second-order valence-electron chi connectivity index (χ2n) is 5.10. The zero-order valence-corrected chi connectivity index (χ0v) is 13.8. The van der Waals surface area contributed by atoms with Gasteiger partial charge >= 0.3 is 6.09 Å². The van der Waals surface area contributed by atoms with Gasteiger partial charge in [0.15, 0.2) is 0 Å². The van der Waals surface area contributed by atoms with E-state index in [1.807, 2.05) is 54.6 Å². The molecule has 3 rings (SSSR count). The summed E-state index contributed by atoms with van der Waals surface area (Å²) < 4.78 is 6.01. The van der Waals surface area contributed by atoms with Crippen LogP contribution in [0.1, 0.15) is 17.2 Å². The van der Waals surface area contributed by atoms with E-state index in [2.05, 4.69) is 15.9 Å². The number of hydrogen-bond acceptors (Lipinski definition) is 3. The van der Waals surface area contributed by atoms with Gasteiger partial charge in [0.1, 0.15) is 12.6 Å². The van der Waals surface area contributed by atoms with Gasteiger partial charge in [0.25, 0.3) is 5.91 Å². The third-order valence-electron chi connectivity index (χ3n) is 3.58. The lowest BCUT2D eigenvalue weighted by Crippen LogP contribution is -2.32. The number of cyclic esters (lactones) is 1. The fourth-order valence-corrected chi connectivity index (χ4v) is 2.67. The van der Waals surface area contributed by atoms with Crippen molar-refractivity contribution < 1.29 is 14.3 Å². The van der Waals surface area contributed by atoms with E-state index in [1.54, 1.807) is 6.08 Å². The van der Waals surface area contributed by atoms with Gasteiger partial charge in [-0.05, 0) is 29.3 Å². The van der Waals surface area contributed by atoms with E-state index in [1.165, 1.54) is 6.08 Å². The van der Waals surface area contributed by atoms with Crippen LogP contribution in [0.25, 0.3) is 6.08 Å². The van der Waals surface area contributed by atoms with Crippen LogP contribution in [-0.2, 0) is 9.53 Å². The first-order valence-electron chi connectivity index (χ1n) is 7.14. The molecule has 1 saturated heterocycles. The maximum atomic E-state index is 12.4. The largest absolute Gasteiger partial charge is 0.446 e. The number of carbonyl (C=O) groups is 2. The number of amides is 2. The van der Waals surface area contributed by atoms with Gasteiger partial charge in [-0.15, -0.1) is 0 Å². The summed E-state index contributed by atoms with van der Waals surface area (Å²) >= 11 is 3.36. The van der Waals surface area contributed by atoms with Crippen molar-refractivity contribution in [1.29, 1.82) is 0 Å². The first-order valence-corrected chi connectivity index (χ1v) is 7.93. The van der Waals surface area contributed by atoms with Gasteiger partial charge in [-0.2, -0.15) is 0 Å². The monoisotopic (exact) mass is 371 g/mol. The number of benzene rings is 2. The van der Waals surface area contributed by atoms with Crippen molar-refractivity contribution in [1.82, 2.24) is 4.90 Å². The molecule has 4 nitrogen and oxygen atoms in total. The van der Waals surface area contributed by atoms with Crippen LogP contribution in [-0.4, -0.2) is 23.5 Å². The summed E-state index contributed by atoms with van der Waals surface area (Å²) in [5.74, 6) is -0.385. The smallest absolute Gasteiger partial charge is 0.417 e. The average Bonchev–Trinajstić information content (AvgIpc) is 2.96. The van der Waals surface area contributed by atoms with Crippen molar-refractivity contribution in [3.8, 4) is 0 Å². The standard InChI is InChI=1S/C18H14BrNO3/c19-15-9-6-13(7-10-15)8-11-17(21)20-16(12-23-18(20)22)14-4-2-1-3-5-14/h1-11,16H,12H2/t16-/m0/s1. The summed E-state index contributed by atoms with van der Waals surface area (Å²) in [6.45, 7) is 0.181. The first kappa shape index (κ1) is 15.5. The van der Waals surface area contributed by atoms with Crippen LogP contribution in [0.3, 0.4) is 0 Å². The topological polar surface area (TPSA) is 46.6 Å². The van der Waals surface area contributed by atoms with Crippen LogP contribution in [0.2, 0.25) is 0 Å². The molecule has 0 spiro atoms. The molecule has 2 aromatic rings. The van der Waals surface area contributed by atoms with Crippen LogP contribution in [0, 0.1) is 0 Å². The van der Waals surface area contributed by atoms with Crippen molar-refractivity contribution >= 4 is 34.0 Å². The Balaban J connectivity index is 1.79. The Hall–Kier alpha value is -2.40. The van der Waals surface area contributed by atoms with Crippen LogP contribution < -0.4 is 0 Å². The van der Waals surface area contributed by atoms with E-state index in [-0.39, 0.29) is 18.6 Å². The van der Waals surface area contributed by atoms with E-state index in [4.69, 9.17) is 4.74 Å². The highest BCUT2D eigenvalue weighted by Gasteiger charge is 2.37. The summed E-state index contributed by atoms with van der Waals surface area (Å²) in [6.07, 6.45) is 2.47. The van der Waals surface area contributed by atoms with Gasteiger partial charge in [0.05, 0.1) is 0 Å². The molecular formula is C18H14BrNO3. The van der Waals surface area contributed by atoms with Crippen molar-refractivity contribution in [2.75, 3.05) is 6.61 Å². The third kappa shape index (κ3) is 3.51. The lowest BCUT2D eigenvalue weighted by Gasteiger charge is -2.18. The molecule has 1 aliphatic heterocycles. The minimum atomic E-state index is -0.607. The Morgan fingerprint density at radius 1 is 1.13 bits per heavy atom. The van der Waals surface area contributed by atoms with E-state index < -0.39 is 6.09 Å². The SMILES string of the molecule is O=C(C=Cc1ccc(Br)cc1)N1C(=O)OC[C@H]1c1ccccc1. The predicted octanol–water partition coefficient (Wildman–Crippen LogP) is 4.18. The van der Waals surface area contributed by atoms with Gasteiger partial charge in [-0.3, -0.25) is 4.79 Å². The number of imide groups is 1. The van der Waals surface area contributed by atoms with Crippen molar-refractivity contribution in [3.63, 3.8) is 0 Å². The number of carbonyl (C=O) groups excluding carboxylic acids is 2. The quantitative estimate of drug-likeness (QED) is 0.760. The van der Waals surface area contributed by atoms with Crippen LogP contribution >= 0.6 is 15.9 Å². The molecule has 0 N–H and O–H groups in total. The Kier molecular flexibility index (Phi) is 4.57. The lowest BCUT2D eigenvalue weighted by molar-refractivity contribution is -0.124. The molecule has 1 aliphatic rings. The fourth-order valence-electron chi connectivity index (χ4n) is 2.41. The van der Waals surface area contributed by atoms with Crippen molar-refractivity contribution in [3.05, 3.63) is 76.3 Å². The van der Waals surface area contributed by atoms with Crippen LogP contribution in [0.5, 0.6) is 0 Å². The molecule has 23 heavy (non-hydrogen) atoms. The van der Waals surface area contributed by atoms with Gasteiger partial charge in [0, 0.05) is 10.5 Å². The Labute approximate surface area is 142 Å². The highest BCUT2D eigenvalue weighted by atomic mass is 79.9. The summed E-state index contributed by atoms with van der Waals surface area (Å²) in [5, 5.41) is 0. The zero-order valence-electron chi connectivity index (χ0n) is 12.2. The number of nitrogens with zero attached hydrogens (tertiary/aromatic N) is 1. The molecule has 2 amide bonds. The summed E-state index contributed by atoms with van der Waals surface area (Å²) in [5.41, 5.74) is 1.76. The van der Waals surface area contributed by atoms with Gasteiger partial charge in [0.2, 0.25) is 0 Å². The maximum absolute atomic E-state index is 12.4. The third-order valence-corrected chi connectivity index (χ3v) is 4.11. The van der Waals surface area contributed by atoms with Gasteiger partial charge < -0.3 is 4.74 Å². The lowest BCUT2D eigenvalue weighted by atomic mass is 10.1. The zero-order chi connectivity index (χ0) is 16.2. The minimum Gasteiger partial charge on any atom is -0.446 e. The van der Waals surface area contributed by atoms with Crippen LogP contribution in [0.4, 0.5) is 4.79 Å². The van der Waals surface area contributed by atoms with E-state index in [9.17, 15) is 9.59 Å². The summed E-state index contributed by atoms with van der Waals surface area (Å²) in [6, 6.07) is 16.6. The highest BCUT2D eigenvalue weighted by molar-refractivity contribution is 9.10. The molecule has 1 heterocycles. The molecule has 0 aliphatic carbocycles. The fraction of sp³-hybridized carbons (Fsp3) is 0.111. The minimum absolute atomic E-state index is 0.181. The Morgan fingerprint density at radius 3 is 2.52 bits per heavy atom. The normalized spacial score (nSPS) is 17.5. The Morgan fingerprint density at radius 2 is 1.83 bits per heavy atom. The number of ether oxygens (including phenoxy) is 1. The van der Waals surface area contributed by atoms with Crippen LogP contribution in [0.15, 0.2) is 65.1 Å². The highest BCUT2D eigenvalue weighted by Crippen LogP contribution is 2.28. The predicted molar refractivity (Wildman–Crippen MR) is 90.6 cm³/mol. The van der Waals surface area contributed by atoms with E-state index >= 15 is 0 Å². The second kappa shape index (κ2) is 6.79. The molecule has 1 atom stereocenters. The van der Waals surface area contributed by atoms with Gasteiger partial charge in [-0.1, -0.05) is 58.4 Å². The summed E-state index contributed by atoms with van der Waals surface area (Å²) in [4.78, 5) is 25.5. The van der Waals surface area contributed by atoms with E-state index in [0.29, 0.717) is 0 Å².